The zero-order chi connectivity index (χ0) is 40.8. The van der Waals surface area contributed by atoms with Crippen molar-refractivity contribution < 1.29 is 43.3 Å². The van der Waals surface area contributed by atoms with Gasteiger partial charge in [-0.05, 0) is 55.9 Å². The van der Waals surface area contributed by atoms with Crippen LogP contribution in [0.3, 0.4) is 0 Å². The Morgan fingerprint density at radius 1 is 0.857 bits per heavy atom. The van der Waals surface area contributed by atoms with E-state index in [1.165, 1.54) is 0 Å². The van der Waals surface area contributed by atoms with Gasteiger partial charge in [-0.3, -0.25) is 24.1 Å². The molecule has 1 aromatic carbocycles. The van der Waals surface area contributed by atoms with E-state index >= 15 is 0 Å². The number of morpholine rings is 1. The highest BCUT2D eigenvalue weighted by molar-refractivity contribution is 5.94. The van der Waals surface area contributed by atoms with E-state index in [2.05, 4.69) is 21.3 Å². The molecule has 14 heteroatoms. The first kappa shape index (κ1) is 44.7. The van der Waals surface area contributed by atoms with Gasteiger partial charge in [-0.1, -0.05) is 77.8 Å². The number of nitrogens with one attached hydrogen (secondary N) is 4. The van der Waals surface area contributed by atoms with Crippen LogP contribution in [-0.4, -0.2) is 115 Å². The maximum absolute atomic E-state index is 14.4. The Labute approximate surface area is 332 Å². The van der Waals surface area contributed by atoms with E-state index in [1.54, 1.807) is 0 Å². The molecule has 2 saturated heterocycles. The minimum Gasteiger partial charge on any atom is -0.486 e. The lowest BCUT2D eigenvalue weighted by Gasteiger charge is -2.31. The summed E-state index contributed by atoms with van der Waals surface area (Å²) in [6, 6.07) is 6.00. The molecule has 0 radical (unpaired) electrons. The first-order valence-corrected chi connectivity index (χ1v) is 20.4. The van der Waals surface area contributed by atoms with Crippen molar-refractivity contribution in [1.82, 2.24) is 26.2 Å². The standard InChI is InChI=1S/C42H65N5O9/c1-7-35(55-25-37(49)50)38(42(6)26-56-42)32(21-27(2)3)44-41(53)34(23-30-11-9-8-10-12-30)46-40(52)33(22-28(4)5)45-39(51)31(16-15-29-13-14-29)43-36(48)24-47-17-19-54-20-18-47/h8-12,27-29,31-34H,7,13-26H2,1-6H3,(H,43,48)(H,44,53)(H,45,51)(H,46,52)(H,49,50). The summed E-state index contributed by atoms with van der Waals surface area (Å²) in [5, 5.41) is 21.4. The molecule has 5 unspecified atom stereocenters. The smallest absolute Gasteiger partial charge is 0.341 e. The van der Waals surface area contributed by atoms with Crippen LogP contribution in [0.2, 0.25) is 0 Å². The number of epoxide rings is 1. The molecule has 1 aliphatic carbocycles. The first-order valence-electron chi connectivity index (χ1n) is 20.4. The van der Waals surface area contributed by atoms with Crippen molar-refractivity contribution in [3.8, 4) is 0 Å². The molecule has 2 aliphatic heterocycles. The molecular weight excluding hydrogens is 718 g/mol. The third-order valence-corrected chi connectivity index (χ3v) is 10.4. The second-order valence-corrected chi connectivity index (χ2v) is 16.6. The number of benzene rings is 1. The Bertz CT molecular complexity index is 1500. The molecule has 3 aliphatic rings. The lowest BCUT2D eigenvalue weighted by Crippen LogP contribution is -2.58. The van der Waals surface area contributed by atoms with Crippen molar-refractivity contribution in [2.24, 2.45) is 17.8 Å². The number of carbonyl (C=O) groups is 5. The average molecular weight is 784 g/mol. The number of allylic oxidation sites excluding steroid dienone is 1. The van der Waals surface area contributed by atoms with Gasteiger partial charge >= 0.3 is 5.97 Å². The summed E-state index contributed by atoms with van der Waals surface area (Å²) in [5.41, 5.74) is 0.772. The van der Waals surface area contributed by atoms with E-state index in [-0.39, 0.29) is 30.7 Å². The van der Waals surface area contributed by atoms with Crippen molar-refractivity contribution in [3.05, 3.63) is 47.2 Å². The topological polar surface area (TPSA) is 188 Å². The van der Waals surface area contributed by atoms with Gasteiger partial charge in [0.15, 0.2) is 6.61 Å². The minimum atomic E-state index is -1.11. The minimum absolute atomic E-state index is 0.0222. The summed E-state index contributed by atoms with van der Waals surface area (Å²) >= 11 is 0. The number of ether oxygens (including phenoxy) is 3. The molecule has 0 aromatic heterocycles. The number of rotatable bonds is 24. The van der Waals surface area contributed by atoms with Crippen LogP contribution in [0.5, 0.6) is 0 Å². The number of carboxylic acids is 1. The Hall–Kier alpha value is -4.01. The molecule has 56 heavy (non-hydrogen) atoms. The fourth-order valence-electron chi connectivity index (χ4n) is 7.22. The zero-order valence-corrected chi connectivity index (χ0v) is 34.2. The van der Waals surface area contributed by atoms with Gasteiger partial charge < -0.3 is 40.6 Å². The largest absolute Gasteiger partial charge is 0.486 e. The molecule has 3 fully saturated rings. The van der Waals surface area contributed by atoms with Gasteiger partial charge in [0.2, 0.25) is 23.6 Å². The van der Waals surface area contributed by atoms with Gasteiger partial charge in [0.05, 0.1) is 32.4 Å². The van der Waals surface area contributed by atoms with Crippen molar-refractivity contribution in [2.75, 3.05) is 46.1 Å². The number of aliphatic carboxylic acids is 1. The number of nitrogens with zero attached hydrogens (tertiary/aromatic N) is 1. The molecule has 4 amide bonds. The van der Waals surface area contributed by atoms with Gasteiger partial charge in [0, 0.05) is 31.5 Å². The van der Waals surface area contributed by atoms with Crippen molar-refractivity contribution in [2.45, 2.75) is 123 Å². The molecule has 1 aromatic rings. The third-order valence-electron chi connectivity index (χ3n) is 10.4. The SMILES string of the molecule is CCC(OCC(=O)O)=C(C(CC(C)C)NC(=O)C(Cc1ccccc1)NC(=O)C(CC(C)C)NC(=O)C(CCC1CC1)NC(=O)CN1CCOCC1)C1(C)CO1. The maximum Gasteiger partial charge on any atom is 0.341 e. The molecule has 312 valence electrons. The van der Waals surface area contributed by atoms with E-state index in [1.807, 2.05) is 76.8 Å². The van der Waals surface area contributed by atoms with Crippen LogP contribution in [0.15, 0.2) is 41.7 Å². The summed E-state index contributed by atoms with van der Waals surface area (Å²) in [4.78, 5) is 69.2. The third kappa shape index (κ3) is 14.8. The van der Waals surface area contributed by atoms with Crippen LogP contribution >= 0.6 is 0 Å². The van der Waals surface area contributed by atoms with E-state index in [0.717, 1.165) is 24.8 Å². The first-order chi connectivity index (χ1) is 26.7. The van der Waals surface area contributed by atoms with Crippen LogP contribution in [0, 0.1) is 17.8 Å². The van der Waals surface area contributed by atoms with Gasteiger partial charge in [0.1, 0.15) is 29.5 Å². The molecule has 2 heterocycles. The van der Waals surface area contributed by atoms with Gasteiger partial charge in [-0.15, -0.1) is 0 Å². The predicted octanol–water partition coefficient (Wildman–Crippen LogP) is 3.34. The predicted molar refractivity (Wildman–Crippen MR) is 211 cm³/mol. The summed E-state index contributed by atoms with van der Waals surface area (Å²) in [7, 11) is 0. The molecule has 1 saturated carbocycles. The van der Waals surface area contributed by atoms with E-state index in [0.29, 0.717) is 75.8 Å². The lowest BCUT2D eigenvalue weighted by atomic mass is 9.87. The quantitative estimate of drug-likeness (QED) is 0.0769. The summed E-state index contributed by atoms with van der Waals surface area (Å²) in [5.74, 6) is -1.58. The van der Waals surface area contributed by atoms with E-state index in [9.17, 15) is 29.1 Å². The van der Waals surface area contributed by atoms with Crippen molar-refractivity contribution in [3.63, 3.8) is 0 Å². The normalized spacial score (nSPS) is 20.9. The highest BCUT2D eigenvalue weighted by Gasteiger charge is 2.49. The number of hydrogen-bond donors (Lipinski definition) is 5. The Balaban J connectivity index is 1.56. The summed E-state index contributed by atoms with van der Waals surface area (Å²) < 4.78 is 17.0. The van der Waals surface area contributed by atoms with Crippen LogP contribution in [-0.2, 0) is 44.6 Å². The monoisotopic (exact) mass is 783 g/mol. The summed E-state index contributed by atoms with van der Waals surface area (Å²) in [6.45, 7) is 14.1. The summed E-state index contributed by atoms with van der Waals surface area (Å²) in [6.07, 6.45) is 4.88. The van der Waals surface area contributed by atoms with Gasteiger partial charge in [0.25, 0.3) is 0 Å². The van der Waals surface area contributed by atoms with E-state index < -0.39 is 60.1 Å². The van der Waals surface area contributed by atoms with Crippen molar-refractivity contribution >= 4 is 29.6 Å². The Morgan fingerprint density at radius 2 is 1.43 bits per heavy atom. The van der Waals surface area contributed by atoms with Crippen LogP contribution in [0.4, 0.5) is 0 Å². The molecular formula is C42H65N5O9. The number of carbonyl (C=O) groups excluding carboxylic acids is 4. The van der Waals surface area contributed by atoms with Crippen LogP contribution in [0.25, 0.3) is 0 Å². The average Bonchev–Trinajstić information content (AvgIpc) is 4.09. The molecule has 14 nitrogen and oxygen atoms in total. The molecule has 5 atom stereocenters. The Morgan fingerprint density at radius 3 is 2.00 bits per heavy atom. The van der Waals surface area contributed by atoms with Gasteiger partial charge in [-0.25, -0.2) is 4.79 Å². The highest BCUT2D eigenvalue weighted by atomic mass is 16.6. The highest BCUT2D eigenvalue weighted by Crippen LogP contribution is 2.41. The molecule has 4 rings (SSSR count). The second-order valence-electron chi connectivity index (χ2n) is 16.6. The number of amides is 4. The van der Waals surface area contributed by atoms with E-state index in [4.69, 9.17) is 14.2 Å². The van der Waals surface area contributed by atoms with Gasteiger partial charge in [-0.2, -0.15) is 0 Å². The molecule has 0 spiro atoms. The molecule has 0 bridgehead atoms. The fraction of sp³-hybridized carbons (Fsp3) is 0.690. The fourth-order valence-corrected chi connectivity index (χ4v) is 7.22. The lowest BCUT2D eigenvalue weighted by molar-refractivity contribution is -0.141. The second kappa shape index (κ2) is 21.5. The molecule has 5 N–H and O–H groups in total. The maximum atomic E-state index is 14.4. The number of hydrogen-bond acceptors (Lipinski definition) is 9. The number of carboxylic acid groups (broad SMARTS) is 1. The zero-order valence-electron chi connectivity index (χ0n) is 34.2. The Kier molecular flexibility index (Phi) is 17.2. The van der Waals surface area contributed by atoms with Crippen LogP contribution < -0.4 is 21.3 Å². The van der Waals surface area contributed by atoms with Crippen LogP contribution in [0.1, 0.15) is 92.1 Å². The van der Waals surface area contributed by atoms with Crippen molar-refractivity contribution in [1.29, 1.82) is 0 Å².